The molecule has 4 heteroatoms. The molecule has 0 saturated carbocycles. The summed E-state index contributed by atoms with van der Waals surface area (Å²) < 4.78 is 0. The van der Waals surface area contributed by atoms with Crippen molar-refractivity contribution in [2.45, 2.75) is 69.6 Å². The number of carbonyl (C=O) groups excluding carboxylic acids is 1. The van der Waals surface area contributed by atoms with E-state index in [1.807, 2.05) is 6.92 Å². The van der Waals surface area contributed by atoms with Gasteiger partial charge in [0, 0.05) is 18.1 Å². The zero-order valence-electron chi connectivity index (χ0n) is 11.0. The van der Waals surface area contributed by atoms with Crippen molar-refractivity contribution < 1.29 is 4.79 Å². The number of hydrogen-bond acceptors (Lipinski definition) is 3. The van der Waals surface area contributed by atoms with Gasteiger partial charge in [0.2, 0.25) is 5.91 Å². The zero-order chi connectivity index (χ0) is 12.4. The van der Waals surface area contributed by atoms with Crippen LogP contribution in [-0.4, -0.2) is 42.0 Å². The Balaban J connectivity index is 1.89. The van der Waals surface area contributed by atoms with Crippen LogP contribution in [0.2, 0.25) is 0 Å². The Labute approximate surface area is 104 Å². The van der Waals surface area contributed by atoms with Gasteiger partial charge in [0.05, 0.1) is 6.04 Å². The molecule has 98 valence electrons. The molecule has 0 aromatic carbocycles. The first-order valence-corrected chi connectivity index (χ1v) is 6.89. The minimum atomic E-state index is -0.338. The lowest BCUT2D eigenvalue weighted by Crippen LogP contribution is -2.56. The molecule has 17 heavy (non-hydrogen) atoms. The summed E-state index contributed by atoms with van der Waals surface area (Å²) in [6, 6.07) is 1.32. The molecular formula is C13H25N3O. The third-order valence-electron chi connectivity index (χ3n) is 4.46. The van der Waals surface area contributed by atoms with Gasteiger partial charge in [-0.3, -0.25) is 4.79 Å². The predicted molar refractivity (Wildman–Crippen MR) is 68.6 cm³/mol. The monoisotopic (exact) mass is 239 g/mol. The van der Waals surface area contributed by atoms with Crippen LogP contribution in [0.5, 0.6) is 0 Å². The largest absolute Gasteiger partial charge is 0.352 e. The molecule has 2 bridgehead atoms. The number of rotatable bonds is 3. The Morgan fingerprint density at radius 1 is 1.41 bits per heavy atom. The van der Waals surface area contributed by atoms with Crippen molar-refractivity contribution in [1.82, 2.24) is 10.2 Å². The maximum absolute atomic E-state index is 11.8. The number of carbonyl (C=O) groups is 1. The molecule has 0 aromatic rings. The van der Waals surface area contributed by atoms with Crippen LogP contribution in [0.25, 0.3) is 0 Å². The fourth-order valence-corrected chi connectivity index (χ4v) is 3.23. The number of fused-ring (bicyclic) bond motifs is 2. The van der Waals surface area contributed by atoms with Gasteiger partial charge in [-0.05, 0) is 39.2 Å². The van der Waals surface area contributed by atoms with Crippen molar-refractivity contribution in [1.29, 1.82) is 0 Å². The maximum atomic E-state index is 11.8. The van der Waals surface area contributed by atoms with Gasteiger partial charge in [0.1, 0.15) is 0 Å². The zero-order valence-corrected chi connectivity index (χ0v) is 11.0. The van der Waals surface area contributed by atoms with E-state index in [1.54, 1.807) is 0 Å². The van der Waals surface area contributed by atoms with Crippen LogP contribution in [0.3, 0.4) is 0 Å². The molecule has 2 saturated heterocycles. The van der Waals surface area contributed by atoms with Crippen molar-refractivity contribution in [3.63, 3.8) is 0 Å². The summed E-state index contributed by atoms with van der Waals surface area (Å²) in [5, 5.41) is 3.13. The first-order valence-electron chi connectivity index (χ1n) is 6.89. The number of nitrogens with two attached hydrogens (primary N) is 1. The highest BCUT2D eigenvalue weighted by atomic mass is 16.2. The molecular weight excluding hydrogens is 214 g/mol. The number of piperidine rings is 2. The van der Waals surface area contributed by atoms with Gasteiger partial charge >= 0.3 is 0 Å². The van der Waals surface area contributed by atoms with E-state index in [4.69, 9.17) is 5.73 Å². The molecule has 0 radical (unpaired) electrons. The quantitative estimate of drug-likeness (QED) is 0.768. The maximum Gasteiger partial charge on any atom is 0.237 e. The molecule has 2 unspecified atom stereocenters. The number of nitrogens with zero attached hydrogens (tertiary/aromatic N) is 1. The summed E-state index contributed by atoms with van der Waals surface area (Å²) in [5.41, 5.74) is 5.75. The lowest BCUT2D eigenvalue weighted by molar-refractivity contribution is -0.123. The van der Waals surface area contributed by atoms with Crippen LogP contribution in [0.1, 0.15) is 45.4 Å². The van der Waals surface area contributed by atoms with Gasteiger partial charge in [-0.1, -0.05) is 13.3 Å². The van der Waals surface area contributed by atoms with Crippen LogP contribution in [0.4, 0.5) is 0 Å². The van der Waals surface area contributed by atoms with Gasteiger partial charge in [-0.15, -0.1) is 0 Å². The van der Waals surface area contributed by atoms with Gasteiger partial charge in [-0.2, -0.15) is 0 Å². The number of hydrogen-bond donors (Lipinski definition) is 2. The highest BCUT2D eigenvalue weighted by molar-refractivity contribution is 5.81. The molecule has 3 atom stereocenters. The van der Waals surface area contributed by atoms with E-state index >= 15 is 0 Å². The van der Waals surface area contributed by atoms with Gasteiger partial charge in [-0.25, -0.2) is 0 Å². The van der Waals surface area contributed by atoms with E-state index in [-0.39, 0.29) is 11.9 Å². The Hall–Kier alpha value is -0.610. The standard InChI is InChI=1S/C13H25N3O/c1-3-12(14)13(17)15-9-7-10-5-4-6-11(8-9)16(10)2/h9-12H,3-8,14H2,1-2H3,(H,15,17)/t9?,10?,11?,12-/m0/s1. The molecule has 0 aliphatic carbocycles. The smallest absolute Gasteiger partial charge is 0.237 e. The number of nitrogens with one attached hydrogen (secondary N) is 1. The summed E-state index contributed by atoms with van der Waals surface area (Å²) in [4.78, 5) is 14.3. The highest BCUT2D eigenvalue weighted by Gasteiger charge is 2.36. The fourth-order valence-electron chi connectivity index (χ4n) is 3.23. The Morgan fingerprint density at radius 3 is 2.53 bits per heavy atom. The van der Waals surface area contributed by atoms with E-state index in [1.165, 1.54) is 19.3 Å². The highest BCUT2D eigenvalue weighted by Crippen LogP contribution is 2.32. The summed E-state index contributed by atoms with van der Waals surface area (Å²) in [5.74, 6) is 0.0279. The van der Waals surface area contributed by atoms with Crippen LogP contribution in [0.15, 0.2) is 0 Å². The van der Waals surface area contributed by atoms with Crippen LogP contribution >= 0.6 is 0 Å². The first kappa shape index (κ1) is 12.8. The van der Waals surface area contributed by atoms with Crippen LogP contribution in [-0.2, 0) is 4.79 Å². The van der Waals surface area contributed by atoms with Crippen LogP contribution < -0.4 is 11.1 Å². The van der Waals surface area contributed by atoms with Crippen molar-refractivity contribution in [2.24, 2.45) is 5.73 Å². The average Bonchev–Trinajstić information content (AvgIpc) is 2.29. The molecule has 2 heterocycles. The Bertz CT molecular complexity index is 268. The second-order valence-corrected chi connectivity index (χ2v) is 5.60. The first-order chi connectivity index (χ1) is 8.11. The minimum absolute atomic E-state index is 0.0279. The summed E-state index contributed by atoms with van der Waals surface area (Å²) in [6.45, 7) is 1.95. The van der Waals surface area contributed by atoms with Gasteiger partial charge in [0.15, 0.2) is 0 Å². The minimum Gasteiger partial charge on any atom is -0.352 e. The Kier molecular flexibility index (Phi) is 4.05. The average molecular weight is 239 g/mol. The molecule has 2 aliphatic rings. The third-order valence-corrected chi connectivity index (χ3v) is 4.46. The summed E-state index contributed by atoms with van der Waals surface area (Å²) in [6.07, 6.45) is 6.79. The summed E-state index contributed by atoms with van der Waals surface area (Å²) >= 11 is 0. The normalized spacial score (nSPS) is 35.4. The predicted octanol–water partition coefficient (Wildman–Crippen LogP) is 0.855. The topological polar surface area (TPSA) is 58.4 Å². The molecule has 0 spiro atoms. The van der Waals surface area contributed by atoms with Crippen LogP contribution in [0, 0.1) is 0 Å². The van der Waals surface area contributed by atoms with Crippen molar-refractivity contribution in [2.75, 3.05) is 7.05 Å². The third kappa shape index (κ3) is 2.80. The van der Waals surface area contributed by atoms with Gasteiger partial charge in [0.25, 0.3) is 0 Å². The SMILES string of the molecule is CC[C@H](N)C(=O)NC1CC2CCCC(C1)N2C. The van der Waals surface area contributed by atoms with E-state index in [0.717, 1.165) is 12.8 Å². The number of amides is 1. The molecule has 0 aromatic heterocycles. The Morgan fingerprint density at radius 2 is 2.00 bits per heavy atom. The summed E-state index contributed by atoms with van der Waals surface area (Å²) in [7, 11) is 2.23. The lowest BCUT2D eigenvalue weighted by Gasteiger charge is -2.47. The van der Waals surface area contributed by atoms with E-state index in [9.17, 15) is 4.79 Å². The molecule has 4 nitrogen and oxygen atoms in total. The van der Waals surface area contributed by atoms with Crippen molar-refractivity contribution >= 4 is 5.91 Å². The van der Waals surface area contributed by atoms with Crippen molar-refractivity contribution in [3.05, 3.63) is 0 Å². The molecule has 2 fully saturated rings. The molecule has 2 rings (SSSR count). The molecule has 2 aliphatic heterocycles. The van der Waals surface area contributed by atoms with Crippen molar-refractivity contribution in [3.8, 4) is 0 Å². The lowest BCUT2D eigenvalue weighted by atomic mass is 9.82. The fraction of sp³-hybridized carbons (Fsp3) is 0.923. The molecule has 1 amide bonds. The second kappa shape index (κ2) is 5.36. The van der Waals surface area contributed by atoms with Gasteiger partial charge < -0.3 is 16.0 Å². The van der Waals surface area contributed by atoms with E-state index in [0.29, 0.717) is 24.5 Å². The van der Waals surface area contributed by atoms with E-state index in [2.05, 4.69) is 17.3 Å². The molecule has 3 N–H and O–H groups in total. The second-order valence-electron chi connectivity index (χ2n) is 5.60. The van der Waals surface area contributed by atoms with E-state index < -0.39 is 0 Å².